The number of aliphatic carboxylic acids is 1. The van der Waals surface area contributed by atoms with Gasteiger partial charge in [-0.1, -0.05) is 19.9 Å². The van der Waals surface area contributed by atoms with Crippen LogP contribution in [0.5, 0.6) is 0 Å². The summed E-state index contributed by atoms with van der Waals surface area (Å²) >= 11 is 0. The van der Waals surface area contributed by atoms with Crippen molar-refractivity contribution < 1.29 is 19.8 Å². The van der Waals surface area contributed by atoms with E-state index >= 15 is 0 Å². The quantitative estimate of drug-likeness (QED) is 0.606. The first-order chi connectivity index (χ1) is 8.58. The van der Waals surface area contributed by atoms with Gasteiger partial charge in [0.05, 0.1) is 5.97 Å². The van der Waals surface area contributed by atoms with Crippen molar-refractivity contribution in [3.8, 4) is 0 Å². The van der Waals surface area contributed by atoms with Gasteiger partial charge in [-0.25, -0.2) is 0 Å². The standard InChI is InChI=1S/C15H20O4/c1-10(7-13(17)18)5-6-15(19)11(2)8-12(16)9-14(15,3)4/h5-8,19H,9H2,1-4H3,(H,17,18)/p-1/b6-5+,10-7-/t15-/m0/s1. The molecule has 0 aromatic heterocycles. The summed E-state index contributed by atoms with van der Waals surface area (Å²) in [6, 6.07) is 0. The minimum Gasteiger partial charge on any atom is -0.545 e. The van der Waals surface area contributed by atoms with Crippen LogP contribution >= 0.6 is 0 Å². The summed E-state index contributed by atoms with van der Waals surface area (Å²) < 4.78 is 0. The number of carboxylic acids is 1. The molecule has 0 amide bonds. The summed E-state index contributed by atoms with van der Waals surface area (Å²) in [5.41, 5.74) is -0.872. The van der Waals surface area contributed by atoms with Gasteiger partial charge in [0, 0.05) is 11.8 Å². The molecule has 0 aliphatic heterocycles. The molecule has 1 aliphatic carbocycles. The third-order valence-corrected chi connectivity index (χ3v) is 3.56. The van der Waals surface area contributed by atoms with Crippen LogP contribution in [0.15, 0.2) is 35.5 Å². The van der Waals surface area contributed by atoms with Crippen LogP contribution in [0.1, 0.15) is 34.1 Å². The van der Waals surface area contributed by atoms with Crippen LogP contribution in [0.4, 0.5) is 0 Å². The molecule has 0 saturated carbocycles. The van der Waals surface area contributed by atoms with E-state index in [2.05, 4.69) is 0 Å². The van der Waals surface area contributed by atoms with Gasteiger partial charge in [0.1, 0.15) is 5.60 Å². The van der Waals surface area contributed by atoms with Gasteiger partial charge < -0.3 is 15.0 Å². The number of hydrogen-bond acceptors (Lipinski definition) is 4. The smallest absolute Gasteiger partial charge is 0.156 e. The van der Waals surface area contributed by atoms with Gasteiger partial charge >= 0.3 is 0 Å². The van der Waals surface area contributed by atoms with E-state index in [1.54, 1.807) is 19.9 Å². The van der Waals surface area contributed by atoms with Crippen molar-refractivity contribution in [3.05, 3.63) is 35.5 Å². The Kier molecular flexibility index (Phi) is 4.15. The fourth-order valence-corrected chi connectivity index (χ4v) is 2.35. The minimum atomic E-state index is -1.28. The van der Waals surface area contributed by atoms with E-state index in [1.807, 2.05) is 13.8 Å². The topological polar surface area (TPSA) is 77.4 Å². The Balaban J connectivity index is 3.15. The fourth-order valence-electron chi connectivity index (χ4n) is 2.35. The third kappa shape index (κ3) is 3.20. The zero-order valence-electron chi connectivity index (χ0n) is 11.7. The largest absolute Gasteiger partial charge is 0.545 e. The summed E-state index contributed by atoms with van der Waals surface area (Å²) in [5.74, 6) is -1.29. The zero-order valence-corrected chi connectivity index (χ0v) is 11.7. The van der Waals surface area contributed by atoms with Crippen molar-refractivity contribution in [2.45, 2.75) is 39.7 Å². The van der Waals surface area contributed by atoms with Crippen LogP contribution in [0.25, 0.3) is 0 Å². The van der Waals surface area contributed by atoms with Crippen molar-refractivity contribution >= 4 is 11.8 Å². The summed E-state index contributed by atoms with van der Waals surface area (Å²) in [6.45, 7) is 6.92. The normalized spacial score (nSPS) is 27.5. The number of allylic oxidation sites excluding steroid dienone is 3. The monoisotopic (exact) mass is 263 g/mol. The van der Waals surface area contributed by atoms with Gasteiger partial charge in [0.25, 0.3) is 0 Å². The molecule has 0 aromatic rings. The molecular weight excluding hydrogens is 244 g/mol. The zero-order chi connectivity index (χ0) is 14.8. The predicted molar refractivity (Wildman–Crippen MR) is 70.0 cm³/mol. The Morgan fingerprint density at radius 1 is 1.47 bits per heavy atom. The Labute approximate surface area is 113 Å². The molecule has 0 saturated heterocycles. The minimum absolute atomic E-state index is 0.0115. The number of ketones is 1. The molecule has 0 unspecified atom stereocenters. The molecule has 0 fully saturated rings. The molecule has 4 nitrogen and oxygen atoms in total. The van der Waals surface area contributed by atoms with Crippen molar-refractivity contribution in [1.82, 2.24) is 0 Å². The van der Waals surface area contributed by atoms with Gasteiger partial charge in [-0.15, -0.1) is 0 Å². The highest BCUT2D eigenvalue weighted by Gasteiger charge is 2.46. The second-order valence-electron chi connectivity index (χ2n) is 5.66. The van der Waals surface area contributed by atoms with Crippen LogP contribution in [-0.2, 0) is 9.59 Å². The van der Waals surface area contributed by atoms with Crippen LogP contribution in [0.2, 0.25) is 0 Å². The van der Waals surface area contributed by atoms with Gasteiger partial charge in [-0.3, -0.25) is 4.79 Å². The van der Waals surface area contributed by atoms with E-state index in [0.717, 1.165) is 6.08 Å². The summed E-state index contributed by atoms with van der Waals surface area (Å²) in [6.07, 6.45) is 5.71. The Morgan fingerprint density at radius 2 is 2.05 bits per heavy atom. The predicted octanol–water partition coefficient (Wildman–Crippen LogP) is 0.915. The van der Waals surface area contributed by atoms with E-state index in [1.165, 1.54) is 12.2 Å². The second kappa shape index (κ2) is 5.13. The SMILES string of the molecule is CC1=CC(=O)CC(C)(C)[C@]1(O)/C=C/C(C)=C\C(=O)[O-]. The molecule has 1 rings (SSSR count). The number of carboxylic acid groups (broad SMARTS) is 1. The van der Waals surface area contributed by atoms with E-state index in [0.29, 0.717) is 11.1 Å². The van der Waals surface area contributed by atoms with Gasteiger partial charge in [-0.05, 0) is 43.2 Å². The number of rotatable bonds is 3. The van der Waals surface area contributed by atoms with Gasteiger partial charge in [-0.2, -0.15) is 0 Å². The van der Waals surface area contributed by atoms with Crippen LogP contribution in [0.3, 0.4) is 0 Å². The molecule has 1 N–H and O–H groups in total. The molecule has 0 bridgehead atoms. The van der Waals surface area contributed by atoms with Crippen molar-refractivity contribution in [2.24, 2.45) is 5.41 Å². The van der Waals surface area contributed by atoms with Crippen LogP contribution in [0, 0.1) is 5.41 Å². The van der Waals surface area contributed by atoms with Crippen molar-refractivity contribution in [3.63, 3.8) is 0 Å². The molecule has 104 valence electrons. The maximum Gasteiger partial charge on any atom is 0.156 e. The molecule has 0 radical (unpaired) electrons. The summed E-state index contributed by atoms with van der Waals surface area (Å²) in [5, 5.41) is 21.2. The maximum absolute atomic E-state index is 11.6. The Bertz CT molecular complexity index is 494. The summed E-state index contributed by atoms with van der Waals surface area (Å²) in [7, 11) is 0. The average molecular weight is 263 g/mol. The number of hydrogen-bond donors (Lipinski definition) is 1. The highest BCUT2D eigenvalue weighted by molar-refractivity contribution is 5.92. The summed E-state index contributed by atoms with van der Waals surface area (Å²) in [4.78, 5) is 22.0. The van der Waals surface area contributed by atoms with Crippen LogP contribution in [-0.4, -0.2) is 22.5 Å². The first kappa shape index (κ1) is 15.4. The molecule has 4 heteroatoms. The van der Waals surface area contributed by atoms with Crippen molar-refractivity contribution in [1.29, 1.82) is 0 Å². The first-order valence-electron chi connectivity index (χ1n) is 6.11. The van der Waals surface area contributed by atoms with Gasteiger partial charge in [0.15, 0.2) is 5.78 Å². The number of carbonyl (C=O) groups is 2. The lowest BCUT2D eigenvalue weighted by molar-refractivity contribution is -0.297. The maximum atomic E-state index is 11.6. The fraction of sp³-hybridized carbons (Fsp3) is 0.467. The average Bonchev–Trinajstić information content (AvgIpc) is 2.21. The Hall–Kier alpha value is -1.68. The molecule has 0 aromatic carbocycles. The van der Waals surface area contributed by atoms with E-state index in [9.17, 15) is 19.8 Å². The highest BCUT2D eigenvalue weighted by Crippen LogP contribution is 2.44. The lowest BCUT2D eigenvalue weighted by Gasteiger charge is -2.44. The lowest BCUT2D eigenvalue weighted by atomic mass is 9.64. The lowest BCUT2D eigenvalue weighted by Crippen LogP contribution is -2.48. The van der Waals surface area contributed by atoms with E-state index in [-0.39, 0.29) is 12.2 Å². The number of aliphatic hydroxyl groups is 1. The first-order valence-corrected chi connectivity index (χ1v) is 6.11. The third-order valence-electron chi connectivity index (χ3n) is 3.56. The Morgan fingerprint density at radius 3 is 2.53 bits per heavy atom. The van der Waals surface area contributed by atoms with Crippen molar-refractivity contribution in [2.75, 3.05) is 0 Å². The molecule has 0 spiro atoms. The van der Waals surface area contributed by atoms with Gasteiger partial charge in [0.2, 0.25) is 0 Å². The molecular formula is C15H19O4-. The molecule has 0 heterocycles. The molecule has 1 atom stereocenters. The van der Waals surface area contributed by atoms with Crippen LogP contribution < -0.4 is 5.11 Å². The molecule has 1 aliphatic rings. The highest BCUT2D eigenvalue weighted by atomic mass is 16.4. The van der Waals surface area contributed by atoms with E-state index < -0.39 is 17.0 Å². The number of carbonyl (C=O) groups excluding carboxylic acids is 2. The molecule has 19 heavy (non-hydrogen) atoms. The second-order valence-corrected chi connectivity index (χ2v) is 5.66. The van der Waals surface area contributed by atoms with E-state index in [4.69, 9.17) is 0 Å².